The van der Waals surface area contributed by atoms with Gasteiger partial charge in [0.15, 0.2) is 5.65 Å². The molecule has 0 unspecified atom stereocenters. The first-order valence-electron chi connectivity index (χ1n) is 8.92. The lowest BCUT2D eigenvalue weighted by atomic mass is 10.1. The quantitative estimate of drug-likeness (QED) is 0.490. The summed E-state index contributed by atoms with van der Waals surface area (Å²) in [5.74, 6) is 0.602. The van der Waals surface area contributed by atoms with Crippen molar-refractivity contribution in [3.05, 3.63) is 89.6 Å². The molecule has 0 amide bonds. The molecule has 2 aromatic heterocycles. The fraction of sp³-hybridized carbons (Fsp3) is 0.130. The normalized spacial score (nSPS) is 10.9. The number of nitrogens with zero attached hydrogens (tertiary/aromatic N) is 3. The Morgan fingerprint density at radius 2 is 1.78 bits per heavy atom. The van der Waals surface area contributed by atoms with Crippen molar-refractivity contribution < 1.29 is 4.74 Å². The molecule has 4 aromatic rings. The van der Waals surface area contributed by atoms with E-state index >= 15 is 0 Å². The highest BCUT2D eigenvalue weighted by Gasteiger charge is 2.14. The van der Waals surface area contributed by atoms with Crippen LogP contribution in [-0.4, -0.2) is 14.8 Å². The Balaban J connectivity index is 1.68. The van der Waals surface area contributed by atoms with E-state index in [2.05, 4.69) is 18.6 Å². The molecule has 0 radical (unpaired) electrons. The van der Waals surface area contributed by atoms with Crippen molar-refractivity contribution in [2.45, 2.75) is 20.5 Å². The van der Waals surface area contributed by atoms with Crippen LogP contribution in [0, 0.1) is 13.8 Å². The van der Waals surface area contributed by atoms with E-state index in [-0.39, 0.29) is 0 Å². The number of rotatable bonds is 5. The first kappa shape index (κ1) is 17.0. The lowest BCUT2D eigenvalue weighted by molar-refractivity contribution is 0.294. The fourth-order valence-electron chi connectivity index (χ4n) is 3.20. The highest BCUT2D eigenvalue weighted by Crippen LogP contribution is 2.27. The summed E-state index contributed by atoms with van der Waals surface area (Å²) in [6.45, 7) is 8.33. The maximum Gasteiger partial charge on any atom is 0.215 e. The largest absolute Gasteiger partial charge is 0.473 e. The molecule has 0 saturated carbocycles. The Bertz CT molecular complexity index is 1100. The number of hydrogen-bond acceptors (Lipinski definition) is 3. The van der Waals surface area contributed by atoms with Crippen LogP contribution in [0.15, 0.2) is 67.2 Å². The summed E-state index contributed by atoms with van der Waals surface area (Å²) >= 11 is 0. The predicted molar refractivity (Wildman–Crippen MR) is 109 cm³/mol. The number of hydrogen-bond donors (Lipinski definition) is 0. The highest BCUT2D eigenvalue weighted by molar-refractivity contribution is 5.83. The van der Waals surface area contributed by atoms with Crippen LogP contribution >= 0.6 is 0 Å². The number of pyridine rings is 1. The van der Waals surface area contributed by atoms with Crippen molar-refractivity contribution >= 4 is 17.1 Å². The van der Waals surface area contributed by atoms with E-state index in [0.717, 1.165) is 39.1 Å². The zero-order chi connectivity index (χ0) is 18.8. The van der Waals surface area contributed by atoms with Gasteiger partial charge in [0.2, 0.25) is 5.88 Å². The third-order valence-electron chi connectivity index (χ3n) is 4.59. The summed E-state index contributed by atoms with van der Waals surface area (Å²) in [6, 6.07) is 20.2. The van der Waals surface area contributed by atoms with E-state index < -0.39 is 0 Å². The summed E-state index contributed by atoms with van der Waals surface area (Å²) in [7, 11) is 0. The van der Waals surface area contributed by atoms with Crippen molar-refractivity contribution in [1.82, 2.24) is 14.8 Å². The predicted octanol–water partition coefficient (Wildman–Crippen LogP) is 5.26. The molecule has 27 heavy (non-hydrogen) atoms. The van der Waals surface area contributed by atoms with Gasteiger partial charge in [0.05, 0.1) is 11.4 Å². The van der Waals surface area contributed by atoms with E-state index in [4.69, 9.17) is 9.72 Å². The third kappa shape index (κ3) is 3.34. The average Bonchev–Trinajstić information content (AvgIpc) is 3.04. The monoisotopic (exact) mass is 355 g/mol. The minimum Gasteiger partial charge on any atom is -0.473 e. The lowest BCUT2D eigenvalue weighted by Crippen LogP contribution is -2.01. The zero-order valence-electron chi connectivity index (χ0n) is 15.5. The molecule has 0 N–H and O–H groups in total. The van der Waals surface area contributed by atoms with Crippen LogP contribution in [0.2, 0.25) is 0 Å². The van der Waals surface area contributed by atoms with Gasteiger partial charge in [-0.15, -0.1) is 0 Å². The van der Waals surface area contributed by atoms with Gasteiger partial charge in [-0.2, -0.15) is 10.1 Å². The molecule has 0 atom stereocenters. The first-order chi connectivity index (χ1) is 13.2. The molecule has 2 aromatic carbocycles. The van der Waals surface area contributed by atoms with Gasteiger partial charge in [0, 0.05) is 11.5 Å². The van der Waals surface area contributed by atoms with Crippen LogP contribution < -0.4 is 4.74 Å². The first-order valence-corrected chi connectivity index (χ1v) is 8.92. The SMILES string of the molecule is C=Cc1ccc(COc2cc(C)c3c(C)nn(-c4ccccc4)c3n2)cc1. The topological polar surface area (TPSA) is 39.9 Å². The van der Waals surface area contributed by atoms with Crippen molar-refractivity contribution in [2.24, 2.45) is 0 Å². The smallest absolute Gasteiger partial charge is 0.215 e. The number of fused-ring (bicyclic) bond motifs is 1. The maximum atomic E-state index is 5.98. The van der Waals surface area contributed by atoms with Gasteiger partial charge < -0.3 is 4.74 Å². The molecule has 0 aliphatic carbocycles. The average molecular weight is 355 g/mol. The number of benzene rings is 2. The lowest BCUT2D eigenvalue weighted by Gasteiger charge is -2.09. The summed E-state index contributed by atoms with van der Waals surface area (Å²) in [5, 5.41) is 5.76. The number of para-hydroxylation sites is 1. The number of aryl methyl sites for hydroxylation is 2. The molecular weight excluding hydrogens is 334 g/mol. The van der Waals surface area contributed by atoms with Gasteiger partial charge in [0.1, 0.15) is 6.61 Å². The second-order valence-electron chi connectivity index (χ2n) is 6.54. The Hall–Kier alpha value is -3.40. The third-order valence-corrected chi connectivity index (χ3v) is 4.59. The number of aromatic nitrogens is 3. The van der Waals surface area contributed by atoms with E-state index in [1.807, 2.05) is 78.3 Å². The van der Waals surface area contributed by atoms with Crippen molar-refractivity contribution in [3.63, 3.8) is 0 Å². The minimum absolute atomic E-state index is 0.466. The van der Waals surface area contributed by atoms with Gasteiger partial charge in [-0.3, -0.25) is 0 Å². The maximum absolute atomic E-state index is 5.98. The van der Waals surface area contributed by atoms with E-state index in [0.29, 0.717) is 12.5 Å². The van der Waals surface area contributed by atoms with Crippen LogP contribution in [0.1, 0.15) is 22.4 Å². The van der Waals surface area contributed by atoms with Crippen molar-refractivity contribution in [1.29, 1.82) is 0 Å². The van der Waals surface area contributed by atoms with Gasteiger partial charge >= 0.3 is 0 Å². The molecular formula is C23H21N3O. The van der Waals surface area contributed by atoms with Crippen molar-refractivity contribution in [3.8, 4) is 11.6 Å². The summed E-state index contributed by atoms with van der Waals surface area (Å²) < 4.78 is 7.85. The molecule has 0 saturated heterocycles. The number of ether oxygens (including phenoxy) is 1. The molecule has 0 aliphatic heterocycles. The zero-order valence-corrected chi connectivity index (χ0v) is 15.5. The van der Waals surface area contributed by atoms with Crippen LogP contribution in [-0.2, 0) is 6.61 Å². The Morgan fingerprint density at radius 3 is 2.48 bits per heavy atom. The van der Waals surface area contributed by atoms with E-state index in [1.165, 1.54) is 0 Å². The van der Waals surface area contributed by atoms with Gasteiger partial charge in [-0.25, -0.2) is 4.68 Å². The molecule has 4 nitrogen and oxygen atoms in total. The molecule has 0 fully saturated rings. The van der Waals surface area contributed by atoms with Gasteiger partial charge in [-0.1, -0.05) is 55.1 Å². The minimum atomic E-state index is 0.466. The Labute approximate surface area is 158 Å². The summed E-state index contributed by atoms with van der Waals surface area (Å²) in [4.78, 5) is 4.74. The van der Waals surface area contributed by atoms with Crippen LogP contribution in [0.25, 0.3) is 22.8 Å². The standard InChI is InChI=1S/C23H21N3O/c1-4-18-10-12-19(13-11-18)15-27-21-14-16(2)22-17(3)25-26(23(22)24-21)20-8-6-5-7-9-20/h4-14H,1,15H2,2-3H3. The van der Waals surface area contributed by atoms with Crippen LogP contribution in [0.4, 0.5) is 0 Å². The van der Waals surface area contributed by atoms with Crippen molar-refractivity contribution in [2.75, 3.05) is 0 Å². The molecule has 134 valence electrons. The second-order valence-corrected chi connectivity index (χ2v) is 6.54. The Kier molecular flexibility index (Phi) is 4.47. The Morgan fingerprint density at radius 1 is 1.04 bits per heavy atom. The van der Waals surface area contributed by atoms with Gasteiger partial charge in [0.25, 0.3) is 0 Å². The van der Waals surface area contributed by atoms with E-state index in [1.54, 1.807) is 0 Å². The van der Waals surface area contributed by atoms with Gasteiger partial charge in [-0.05, 0) is 42.7 Å². The van der Waals surface area contributed by atoms with Crippen LogP contribution in [0.3, 0.4) is 0 Å². The van der Waals surface area contributed by atoms with E-state index in [9.17, 15) is 0 Å². The second kappa shape index (κ2) is 7.08. The highest BCUT2D eigenvalue weighted by atomic mass is 16.5. The molecule has 2 heterocycles. The molecule has 0 bridgehead atoms. The van der Waals surface area contributed by atoms with Crippen LogP contribution in [0.5, 0.6) is 5.88 Å². The molecule has 0 spiro atoms. The molecule has 4 rings (SSSR count). The fourth-order valence-corrected chi connectivity index (χ4v) is 3.20. The molecule has 4 heteroatoms. The molecule has 0 aliphatic rings. The summed E-state index contributed by atoms with van der Waals surface area (Å²) in [5.41, 5.74) is 6.06. The summed E-state index contributed by atoms with van der Waals surface area (Å²) in [6.07, 6.45) is 1.83.